The predicted molar refractivity (Wildman–Crippen MR) is 54.2 cm³/mol. The summed E-state index contributed by atoms with van der Waals surface area (Å²) >= 11 is 5.52. The van der Waals surface area contributed by atoms with Crippen molar-refractivity contribution in [3.05, 3.63) is 11.9 Å². The van der Waals surface area contributed by atoms with Crippen LogP contribution in [0.3, 0.4) is 0 Å². The fraction of sp³-hybridized carbons (Fsp3) is 0.714. The lowest BCUT2D eigenvalue weighted by Crippen LogP contribution is -2.11. The Morgan fingerprint density at radius 3 is 2.86 bits per heavy atom. The van der Waals surface area contributed by atoms with Crippen molar-refractivity contribution in [1.82, 2.24) is 15.0 Å². The van der Waals surface area contributed by atoms with Crippen LogP contribution in [0.15, 0.2) is 6.20 Å². The Morgan fingerprint density at radius 1 is 1.57 bits per heavy atom. The summed E-state index contributed by atoms with van der Waals surface area (Å²) in [5.74, 6) is 0.571. The molecule has 0 saturated heterocycles. The van der Waals surface area contributed by atoms with Gasteiger partial charge in [-0.3, -0.25) is 4.68 Å². The molecule has 1 aromatic rings. The van der Waals surface area contributed by atoms with Crippen LogP contribution < -0.4 is 0 Å². The number of aromatic nitrogens is 3. The van der Waals surface area contributed by atoms with Gasteiger partial charge in [0.15, 0.2) is 0 Å². The molecule has 1 heterocycles. The molecule has 0 amide bonds. The maximum Gasteiger partial charge on any atom is 0.149 e. The topological polar surface area (TPSA) is 64.8 Å². The number of hydrogen-bond acceptors (Lipinski definition) is 4. The molecule has 0 aliphatic heterocycles. The van der Waals surface area contributed by atoms with E-state index in [1.54, 1.807) is 6.20 Å². The smallest absolute Gasteiger partial charge is 0.149 e. The third-order valence-corrected chi connectivity index (χ3v) is 2.74. The van der Waals surface area contributed by atoms with E-state index in [1.807, 2.05) is 0 Å². The van der Waals surface area contributed by atoms with Crippen molar-refractivity contribution in [2.45, 2.75) is 13.0 Å². The quantitative estimate of drug-likeness (QED) is 0.682. The lowest BCUT2D eigenvalue weighted by Gasteiger charge is -1.97. The number of alkyl halides is 1. The molecule has 1 rings (SSSR count). The molecule has 0 fully saturated rings. The van der Waals surface area contributed by atoms with Crippen LogP contribution in [0.2, 0.25) is 0 Å². The first kappa shape index (κ1) is 11.5. The van der Waals surface area contributed by atoms with Gasteiger partial charge < -0.3 is 0 Å². The van der Waals surface area contributed by atoms with Crippen LogP contribution in [0.4, 0.5) is 0 Å². The minimum Gasteiger partial charge on any atom is -0.251 e. The zero-order valence-electron chi connectivity index (χ0n) is 7.85. The monoisotopic (exact) mass is 237 g/mol. The van der Waals surface area contributed by atoms with E-state index in [0.717, 1.165) is 5.69 Å². The Balaban J connectivity index is 2.52. The molecule has 0 radical (unpaired) electrons. The van der Waals surface area contributed by atoms with Crippen molar-refractivity contribution in [1.29, 1.82) is 0 Å². The second kappa shape index (κ2) is 4.75. The number of sulfone groups is 1. The van der Waals surface area contributed by atoms with E-state index >= 15 is 0 Å². The van der Waals surface area contributed by atoms with Gasteiger partial charge in [-0.2, -0.15) is 0 Å². The third kappa shape index (κ3) is 4.06. The first-order valence-electron chi connectivity index (χ1n) is 4.14. The fourth-order valence-corrected chi connectivity index (χ4v) is 1.63. The summed E-state index contributed by atoms with van der Waals surface area (Å²) in [5, 5.41) is 7.62. The van der Waals surface area contributed by atoms with Gasteiger partial charge in [0.2, 0.25) is 0 Å². The molecule has 0 bridgehead atoms. The Bertz CT molecular complexity index is 387. The largest absolute Gasteiger partial charge is 0.251 e. The molecule has 0 saturated carbocycles. The Kier molecular flexibility index (Phi) is 3.88. The zero-order valence-corrected chi connectivity index (χ0v) is 9.42. The maximum absolute atomic E-state index is 10.9. The summed E-state index contributed by atoms with van der Waals surface area (Å²) in [6.45, 7) is 0.341. The second-order valence-electron chi connectivity index (χ2n) is 3.04. The van der Waals surface area contributed by atoms with E-state index in [4.69, 9.17) is 11.6 Å². The van der Waals surface area contributed by atoms with Crippen LogP contribution in [0.5, 0.6) is 0 Å². The van der Waals surface area contributed by atoms with Crippen LogP contribution in [0.25, 0.3) is 0 Å². The molecule has 0 N–H and O–H groups in total. The molecular weight excluding hydrogens is 226 g/mol. The summed E-state index contributed by atoms with van der Waals surface area (Å²) in [4.78, 5) is 0. The van der Waals surface area contributed by atoms with Crippen LogP contribution in [0.1, 0.15) is 5.69 Å². The highest BCUT2D eigenvalue weighted by Crippen LogP contribution is 1.96. The maximum atomic E-state index is 10.9. The molecule has 80 valence electrons. The van der Waals surface area contributed by atoms with E-state index in [9.17, 15) is 8.42 Å². The van der Waals surface area contributed by atoms with Gasteiger partial charge in [0, 0.05) is 24.8 Å². The highest BCUT2D eigenvalue weighted by molar-refractivity contribution is 7.90. The van der Waals surface area contributed by atoms with E-state index in [1.165, 1.54) is 10.9 Å². The SMILES string of the molecule is CS(=O)(=O)CCn1cc(CCCl)nn1. The molecule has 0 atom stereocenters. The van der Waals surface area contributed by atoms with Crippen molar-refractivity contribution >= 4 is 21.4 Å². The molecule has 14 heavy (non-hydrogen) atoms. The Morgan fingerprint density at radius 2 is 2.29 bits per heavy atom. The highest BCUT2D eigenvalue weighted by Gasteiger charge is 2.04. The van der Waals surface area contributed by atoms with Gasteiger partial charge in [-0.25, -0.2) is 8.42 Å². The first-order valence-corrected chi connectivity index (χ1v) is 6.73. The van der Waals surface area contributed by atoms with Crippen LogP contribution >= 0.6 is 11.6 Å². The van der Waals surface area contributed by atoms with Crippen molar-refractivity contribution in [3.8, 4) is 0 Å². The van der Waals surface area contributed by atoms with E-state index in [0.29, 0.717) is 18.8 Å². The highest BCUT2D eigenvalue weighted by atomic mass is 35.5. The normalized spacial score (nSPS) is 11.9. The van der Waals surface area contributed by atoms with Crippen molar-refractivity contribution in [2.75, 3.05) is 17.9 Å². The Hall–Kier alpha value is -0.620. The molecule has 0 aliphatic rings. The van der Waals surface area contributed by atoms with Gasteiger partial charge in [0.1, 0.15) is 9.84 Å². The van der Waals surface area contributed by atoms with Crippen LogP contribution in [0, 0.1) is 0 Å². The lowest BCUT2D eigenvalue weighted by atomic mass is 10.4. The predicted octanol–water partition coefficient (Wildman–Crippen LogP) is 0.104. The van der Waals surface area contributed by atoms with Crippen LogP contribution in [-0.4, -0.2) is 41.3 Å². The van der Waals surface area contributed by atoms with Gasteiger partial charge in [-0.15, -0.1) is 16.7 Å². The van der Waals surface area contributed by atoms with Crippen LogP contribution in [-0.2, 0) is 22.8 Å². The van der Waals surface area contributed by atoms with E-state index in [-0.39, 0.29) is 5.75 Å². The summed E-state index contributed by atoms with van der Waals surface area (Å²) in [6.07, 6.45) is 3.57. The van der Waals surface area contributed by atoms with Gasteiger partial charge in [-0.05, 0) is 0 Å². The summed E-state index contributed by atoms with van der Waals surface area (Å²) < 4.78 is 23.2. The zero-order chi connectivity index (χ0) is 10.6. The molecular formula is C7H12ClN3O2S. The standard InChI is InChI=1S/C7H12ClN3O2S/c1-14(12,13)5-4-11-6-7(2-3-8)9-10-11/h6H,2-5H2,1H3. The summed E-state index contributed by atoms with van der Waals surface area (Å²) in [7, 11) is -2.94. The van der Waals surface area contributed by atoms with Crippen molar-refractivity contribution in [3.63, 3.8) is 0 Å². The van der Waals surface area contributed by atoms with Gasteiger partial charge in [0.05, 0.1) is 18.0 Å². The number of rotatable bonds is 5. The number of halogens is 1. The van der Waals surface area contributed by atoms with Gasteiger partial charge in [0.25, 0.3) is 0 Å². The molecule has 7 heteroatoms. The lowest BCUT2D eigenvalue weighted by molar-refractivity contribution is 0.579. The van der Waals surface area contributed by atoms with Crippen molar-refractivity contribution in [2.24, 2.45) is 0 Å². The molecule has 0 unspecified atom stereocenters. The average molecular weight is 238 g/mol. The Labute approximate surface area is 88.0 Å². The van der Waals surface area contributed by atoms with Crippen molar-refractivity contribution < 1.29 is 8.42 Å². The minimum absolute atomic E-state index is 0.0800. The second-order valence-corrected chi connectivity index (χ2v) is 5.68. The molecule has 5 nitrogen and oxygen atoms in total. The molecule has 0 aliphatic carbocycles. The van der Waals surface area contributed by atoms with E-state index in [2.05, 4.69) is 10.3 Å². The molecule has 0 aromatic carbocycles. The molecule has 1 aromatic heterocycles. The number of hydrogen-bond donors (Lipinski definition) is 0. The number of nitrogens with zero attached hydrogens (tertiary/aromatic N) is 3. The van der Waals surface area contributed by atoms with E-state index < -0.39 is 9.84 Å². The summed E-state index contributed by atoms with van der Waals surface area (Å²) in [5.41, 5.74) is 0.786. The molecule has 0 spiro atoms. The first-order chi connectivity index (χ1) is 6.51. The fourth-order valence-electron chi connectivity index (χ4n) is 0.919. The minimum atomic E-state index is -2.94. The number of aryl methyl sites for hydroxylation is 2. The third-order valence-electron chi connectivity index (χ3n) is 1.63. The summed E-state index contributed by atoms with van der Waals surface area (Å²) in [6, 6.07) is 0. The van der Waals surface area contributed by atoms with Gasteiger partial charge in [-0.1, -0.05) is 5.21 Å². The average Bonchev–Trinajstić information content (AvgIpc) is 2.49. The van der Waals surface area contributed by atoms with Gasteiger partial charge >= 0.3 is 0 Å².